The minimum absolute atomic E-state index is 0.0390. The molecule has 1 aliphatic rings. The standard InChI is InChI=1S/C16H17NO2/c1-2-19-15-8-7-14(16(18)10-15)9-12-3-5-13(11-17)6-4-12/h3-6,10,14H,2,7-9H2,1H3. The highest BCUT2D eigenvalue weighted by molar-refractivity contribution is 5.93. The van der Waals surface area contributed by atoms with Gasteiger partial charge in [-0.05, 0) is 37.5 Å². The highest BCUT2D eigenvalue weighted by atomic mass is 16.5. The van der Waals surface area contributed by atoms with Crippen LogP contribution in [0.1, 0.15) is 30.9 Å². The van der Waals surface area contributed by atoms with Crippen LogP contribution in [0, 0.1) is 17.2 Å². The Hall–Kier alpha value is -2.08. The van der Waals surface area contributed by atoms with Crippen molar-refractivity contribution in [3.05, 3.63) is 47.2 Å². The van der Waals surface area contributed by atoms with Gasteiger partial charge in [0, 0.05) is 18.4 Å². The molecule has 0 bridgehead atoms. The van der Waals surface area contributed by atoms with Crippen molar-refractivity contribution in [3.63, 3.8) is 0 Å². The second kappa shape index (κ2) is 6.19. The average molecular weight is 255 g/mol. The number of hydrogen-bond donors (Lipinski definition) is 0. The Morgan fingerprint density at radius 3 is 2.68 bits per heavy atom. The Morgan fingerprint density at radius 2 is 2.11 bits per heavy atom. The van der Waals surface area contributed by atoms with E-state index >= 15 is 0 Å². The summed E-state index contributed by atoms with van der Waals surface area (Å²) in [7, 11) is 0. The van der Waals surface area contributed by atoms with Gasteiger partial charge in [0.15, 0.2) is 5.78 Å². The molecule has 1 atom stereocenters. The number of ether oxygens (including phenoxy) is 1. The molecule has 1 aliphatic carbocycles. The van der Waals surface area contributed by atoms with Crippen LogP contribution in [0.15, 0.2) is 36.1 Å². The number of allylic oxidation sites excluding steroid dienone is 2. The first kappa shape index (κ1) is 13.4. The maximum Gasteiger partial charge on any atom is 0.162 e. The lowest BCUT2D eigenvalue weighted by Crippen LogP contribution is -2.20. The van der Waals surface area contributed by atoms with Crippen LogP contribution in [0.5, 0.6) is 0 Å². The highest BCUT2D eigenvalue weighted by Crippen LogP contribution is 2.24. The fourth-order valence-corrected chi connectivity index (χ4v) is 2.31. The molecule has 3 heteroatoms. The van der Waals surface area contributed by atoms with E-state index in [9.17, 15) is 4.79 Å². The molecule has 0 fully saturated rings. The molecule has 2 rings (SSSR count). The largest absolute Gasteiger partial charge is 0.498 e. The van der Waals surface area contributed by atoms with Gasteiger partial charge in [0.1, 0.15) is 0 Å². The van der Waals surface area contributed by atoms with E-state index in [-0.39, 0.29) is 11.7 Å². The summed E-state index contributed by atoms with van der Waals surface area (Å²) in [6.07, 6.45) is 4.05. The smallest absolute Gasteiger partial charge is 0.162 e. The van der Waals surface area contributed by atoms with E-state index in [0.717, 1.165) is 30.6 Å². The Morgan fingerprint density at radius 1 is 1.37 bits per heavy atom. The van der Waals surface area contributed by atoms with Crippen molar-refractivity contribution in [3.8, 4) is 6.07 Å². The van der Waals surface area contributed by atoms with Crippen molar-refractivity contribution in [1.82, 2.24) is 0 Å². The summed E-state index contributed by atoms with van der Waals surface area (Å²) >= 11 is 0. The van der Waals surface area contributed by atoms with Crippen molar-refractivity contribution in [1.29, 1.82) is 5.26 Å². The van der Waals surface area contributed by atoms with Gasteiger partial charge in [-0.15, -0.1) is 0 Å². The molecule has 0 aliphatic heterocycles. The molecule has 0 spiro atoms. The van der Waals surface area contributed by atoms with E-state index < -0.39 is 0 Å². The maximum atomic E-state index is 12.0. The number of carbonyl (C=O) groups is 1. The zero-order chi connectivity index (χ0) is 13.7. The summed E-state index contributed by atoms with van der Waals surface area (Å²) in [6, 6.07) is 9.53. The Kier molecular flexibility index (Phi) is 4.35. The van der Waals surface area contributed by atoms with Gasteiger partial charge in [-0.3, -0.25) is 4.79 Å². The SMILES string of the molecule is CCOC1=CC(=O)C(Cc2ccc(C#N)cc2)CC1. The molecule has 98 valence electrons. The number of carbonyl (C=O) groups excluding carboxylic acids is 1. The molecule has 1 aromatic rings. The Labute approximate surface area is 113 Å². The predicted molar refractivity (Wildman–Crippen MR) is 72.3 cm³/mol. The molecule has 0 amide bonds. The molecule has 0 heterocycles. The van der Waals surface area contributed by atoms with Crippen molar-refractivity contribution < 1.29 is 9.53 Å². The topological polar surface area (TPSA) is 50.1 Å². The number of hydrogen-bond acceptors (Lipinski definition) is 3. The highest BCUT2D eigenvalue weighted by Gasteiger charge is 2.23. The Bertz CT molecular complexity index is 523. The lowest BCUT2D eigenvalue weighted by atomic mass is 9.86. The molecule has 0 radical (unpaired) electrons. The zero-order valence-corrected chi connectivity index (χ0v) is 11.1. The summed E-state index contributed by atoms with van der Waals surface area (Å²) in [5, 5.41) is 8.75. The van der Waals surface area contributed by atoms with Crippen LogP contribution in [-0.4, -0.2) is 12.4 Å². The summed E-state index contributed by atoms with van der Waals surface area (Å²) in [5.41, 5.74) is 1.75. The molecular formula is C16H17NO2. The van der Waals surface area contributed by atoms with Crippen molar-refractivity contribution in [2.75, 3.05) is 6.61 Å². The second-order valence-corrected chi connectivity index (χ2v) is 4.69. The van der Waals surface area contributed by atoms with Crippen LogP contribution in [0.2, 0.25) is 0 Å². The number of rotatable bonds is 4. The first-order chi connectivity index (χ1) is 9.22. The summed E-state index contributed by atoms with van der Waals surface area (Å²) in [5.74, 6) is 1.000. The first-order valence-corrected chi connectivity index (χ1v) is 6.59. The monoisotopic (exact) mass is 255 g/mol. The lowest BCUT2D eigenvalue weighted by Gasteiger charge is -2.20. The quantitative estimate of drug-likeness (QED) is 0.831. The number of ketones is 1. The van der Waals surface area contributed by atoms with Crippen LogP contribution in [-0.2, 0) is 16.0 Å². The molecular weight excluding hydrogens is 238 g/mol. The summed E-state index contributed by atoms with van der Waals surface area (Å²) in [4.78, 5) is 12.0. The fourth-order valence-electron chi connectivity index (χ4n) is 2.31. The van der Waals surface area contributed by atoms with E-state index in [0.29, 0.717) is 12.2 Å². The predicted octanol–water partition coefficient (Wildman–Crippen LogP) is 3.00. The third-order valence-electron chi connectivity index (χ3n) is 3.34. The van der Waals surface area contributed by atoms with E-state index in [1.807, 2.05) is 19.1 Å². The Balaban J connectivity index is 2.00. The molecule has 0 aromatic heterocycles. The van der Waals surface area contributed by atoms with Gasteiger partial charge >= 0.3 is 0 Å². The average Bonchev–Trinajstić information content (AvgIpc) is 2.43. The van der Waals surface area contributed by atoms with Gasteiger partial charge in [0.05, 0.1) is 24.0 Å². The minimum atomic E-state index is 0.0390. The van der Waals surface area contributed by atoms with E-state index in [2.05, 4.69) is 6.07 Å². The number of benzene rings is 1. The van der Waals surface area contributed by atoms with Crippen LogP contribution in [0.4, 0.5) is 0 Å². The van der Waals surface area contributed by atoms with E-state index in [4.69, 9.17) is 10.00 Å². The molecule has 0 saturated heterocycles. The number of nitrogens with zero attached hydrogens (tertiary/aromatic N) is 1. The number of nitriles is 1. The van der Waals surface area contributed by atoms with Crippen molar-refractivity contribution >= 4 is 5.78 Å². The second-order valence-electron chi connectivity index (χ2n) is 4.69. The molecule has 1 aromatic carbocycles. The van der Waals surface area contributed by atoms with Gasteiger partial charge in [0.25, 0.3) is 0 Å². The maximum absolute atomic E-state index is 12.0. The molecule has 1 unspecified atom stereocenters. The summed E-state index contributed by atoms with van der Waals surface area (Å²) in [6.45, 7) is 2.54. The van der Waals surface area contributed by atoms with Gasteiger partial charge in [-0.25, -0.2) is 0 Å². The minimum Gasteiger partial charge on any atom is -0.498 e. The fraction of sp³-hybridized carbons (Fsp3) is 0.375. The van der Waals surface area contributed by atoms with Gasteiger partial charge < -0.3 is 4.74 Å². The van der Waals surface area contributed by atoms with Gasteiger partial charge in [-0.1, -0.05) is 12.1 Å². The van der Waals surface area contributed by atoms with Gasteiger partial charge in [0.2, 0.25) is 0 Å². The van der Waals surface area contributed by atoms with Crippen LogP contribution in [0.25, 0.3) is 0 Å². The first-order valence-electron chi connectivity index (χ1n) is 6.59. The van der Waals surface area contributed by atoms with E-state index in [1.165, 1.54) is 0 Å². The molecule has 0 saturated carbocycles. The normalized spacial score (nSPS) is 18.6. The van der Waals surface area contributed by atoms with Crippen LogP contribution in [0.3, 0.4) is 0 Å². The van der Waals surface area contributed by atoms with Crippen molar-refractivity contribution in [2.24, 2.45) is 5.92 Å². The third kappa shape index (κ3) is 3.45. The summed E-state index contributed by atoms with van der Waals surface area (Å²) < 4.78 is 5.39. The lowest BCUT2D eigenvalue weighted by molar-refractivity contribution is -0.119. The molecule has 3 nitrogen and oxygen atoms in total. The van der Waals surface area contributed by atoms with Crippen molar-refractivity contribution in [2.45, 2.75) is 26.2 Å². The van der Waals surface area contributed by atoms with Crippen LogP contribution < -0.4 is 0 Å². The van der Waals surface area contributed by atoms with E-state index in [1.54, 1.807) is 18.2 Å². The zero-order valence-electron chi connectivity index (χ0n) is 11.1. The van der Waals surface area contributed by atoms with Crippen LogP contribution >= 0.6 is 0 Å². The molecule has 0 N–H and O–H groups in total. The molecule has 19 heavy (non-hydrogen) atoms. The van der Waals surface area contributed by atoms with Gasteiger partial charge in [-0.2, -0.15) is 5.26 Å². The third-order valence-corrected chi connectivity index (χ3v) is 3.34.